The molecule has 0 radical (unpaired) electrons. The van der Waals surface area contributed by atoms with Gasteiger partial charge in [-0.1, -0.05) is 0 Å². The maximum atomic E-state index is 11.9. The van der Waals surface area contributed by atoms with E-state index in [-0.39, 0.29) is 18.1 Å². The summed E-state index contributed by atoms with van der Waals surface area (Å²) in [6.07, 6.45) is 1.92. The summed E-state index contributed by atoms with van der Waals surface area (Å²) in [6.45, 7) is 7.16. The third-order valence-electron chi connectivity index (χ3n) is 2.76. The second kappa shape index (κ2) is 3.96. The predicted octanol–water partition coefficient (Wildman–Crippen LogP) is 1.43. The molecule has 0 bridgehead atoms. The highest BCUT2D eigenvalue weighted by Crippen LogP contribution is 2.34. The Balaban J connectivity index is 2.68. The molecule has 0 aromatic carbocycles. The SMILES string of the molecule is CC1(NC(=O)N(CC(=O)O)C(C)(C)C)CC1. The number of nitrogens with zero attached hydrogens (tertiary/aromatic N) is 1. The summed E-state index contributed by atoms with van der Waals surface area (Å²) in [5, 5.41) is 11.7. The highest BCUT2D eigenvalue weighted by molar-refractivity contribution is 5.81. The first-order chi connectivity index (χ1) is 7.14. The van der Waals surface area contributed by atoms with E-state index in [9.17, 15) is 9.59 Å². The van der Waals surface area contributed by atoms with Crippen LogP contribution in [0.4, 0.5) is 4.79 Å². The van der Waals surface area contributed by atoms with Gasteiger partial charge in [0, 0.05) is 11.1 Å². The molecule has 16 heavy (non-hydrogen) atoms. The van der Waals surface area contributed by atoms with E-state index in [0.717, 1.165) is 12.8 Å². The van der Waals surface area contributed by atoms with Crippen molar-refractivity contribution in [2.75, 3.05) is 6.54 Å². The average molecular weight is 228 g/mol. The predicted molar refractivity (Wildman–Crippen MR) is 60.3 cm³/mol. The van der Waals surface area contributed by atoms with Gasteiger partial charge in [0.05, 0.1) is 0 Å². The first-order valence-electron chi connectivity index (χ1n) is 5.46. The fraction of sp³-hybridized carbons (Fsp3) is 0.818. The number of nitrogens with one attached hydrogen (secondary N) is 1. The maximum Gasteiger partial charge on any atom is 0.323 e. The number of hydrogen-bond donors (Lipinski definition) is 2. The Kier molecular flexibility index (Phi) is 3.17. The quantitative estimate of drug-likeness (QED) is 0.767. The summed E-state index contributed by atoms with van der Waals surface area (Å²) in [4.78, 5) is 24.0. The minimum Gasteiger partial charge on any atom is -0.480 e. The van der Waals surface area contributed by atoms with Crippen LogP contribution in [0.15, 0.2) is 0 Å². The van der Waals surface area contributed by atoms with E-state index < -0.39 is 11.5 Å². The molecule has 0 aromatic rings. The van der Waals surface area contributed by atoms with Crippen molar-refractivity contribution < 1.29 is 14.7 Å². The van der Waals surface area contributed by atoms with E-state index in [0.29, 0.717) is 0 Å². The van der Waals surface area contributed by atoms with E-state index >= 15 is 0 Å². The van der Waals surface area contributed by atoms with Crippen LogP contribution in [0.2, 0.25) is 0 Å². The van der Waals surface area contributed by atoms with E-state index in [4.69, 9.17) is 5.11 Å². The van der Waals surface area contributed by atoms with E-state index in [1.54, 1.807) is 0 Å². The Morgan fingerprint density at radius 2 is 1.88 bits per heavy atom. The summed E-state index contributed by atoms with van der Waals surface area (Å²) >= 11 is 0. The van der Waals surface area contributed by atoms with Crippen LogP contribution in [0.3, 0.4) is 0 Å². The molecule has 5 heteroatoms. The zero-order valence-electron chi connectivity index (χ0n) is 10.3. The lowest BCUT2D eigenvalue weighted by atomic mass is 10.1. The van der Waals surface area contributed by atoms with Gasteiger partial charge in [0.1, 0.15) is 6.54 Å². The van der Waals surface area contributed by atoms with Gasteiger partial charge in [-0.05, 0) is 40.5 Å². The number of carboxylic acid groups (broad SMARTS) is 1. The van der Waals surface area contributed by atoms with E-state index in [1.807, 2.05) is 27.7 Å². The molecule has 0 atom stereocenters. The smallest absolute Gasteiger partial charge is 0.323 e. The molecule has 1 rings (SSSR count). The van der Waals surface area contributed by atoms with Crippen LogP contribution in [0.1, 0.15) is 40.5 Å². The van der Waals surface area contributed by atoms with Crippen molar-refractivity contribution in [1.29, 1.82) is 0 Å². The molecule has 92 valence electrons. The van der Waals surface area contributed by atoms with Gasteiger partial charge in [0.25, 0.3) is 0 Å². The zero-order chi connectivity index (χ0) is 12.6. The largest absolute Gasteiger partial charge is 0.480 e. The normalized spacial score (nSPS) is 17.8. The Bertz CT molecular complexity index is 303. The van der Waals surface area contributed by atoms with Gasteiger partial charge in [0.15, 0.2) is 0 Å². The minimum atomic E-state index is -0.994. The maximum absolute atomic E-state index is 11.9. The highest BCUT2D eigenvalue weighted by Gasteiger charge is 2.41. The molecule has 0 aromatic heterocycles. The van der Waals surface area contributed by atoms with Crippen molar-refractivity contribution in [3.05, 3.63) is 0 Å². The molecule has 0 spiro atoms. The van der Waals surface area contributed by atoms with Crippen molar-refractivity contribution in [2.45, 2.75) is 51.6 Å². The van der Waals surface area contributed by atoms with E-state index in [2.05, 4.69) is 5.32 Å². The molecule has 1 saturated carbocycles. The molecule has 1 aliphatic carbocycles. The lowest BCUT2D eigenvalue weighted by Crippen LogP contribution is -2.54. The third-order valence-corrected chi connectivity index (χ3v) is 2.76. The van der Waals surface area contributed by atoms with Crippen LogP contribution < -0.4 is 5.32 Å². The molecule has 1 fully saturated rings. The Morgan fingerprint density at radius 1 is 1.38 bits per heavy atom. The zero-order valence-corrected chi connectivity index (χ0v) is 10.3. The third kappa shape index (κ3) is 3.40. The lowest BCUT2D eigenvalue weighted by molar-refractivity contribution is -0.138. The lowest BCUT2D eigenvalue weighted by Gasteiger charge is -2.35. The average Bonchev–Trinajstić information content (AvgIpc) is 2.76. The second-order valence-electron chi connectivity index (χ2n) is 5.64. The molecule has 5 nitrogen and oxygen atoms in total. The fourth-order valence-corrected chi connectivity index (χ4v) is 1.39. The van der Waals surface area contributed by atoms with E-state index in [1.165, 1.54) is 4.90 Å². The van der Waals surface area contributed by atoms with Crippen molar-refractivity contribution in [3.63, 3.8) is 0 Å². The van der Waals surface area contributed by atoms with Crippen LogP contribution in [0.25, 0.3) is 0 Å². The highest BCUT2D eigenvalue weighted by atomic mass is 16.4. The first-order valence-corrected chi connectivity index (χ1v) is 5.46. The molecule has 2 N–H and O–H groups in total. The number of hydrogen-bond acceptors (Lipinski definition) is 2. The van der Waals surface area contributed by atoms with Crippen molar-refractivity contribution >= 4 is 12.0 Å². The summed E-state index contributed by atoms with van der Waals surface area (Å²) in [6, 6.07) is -0.296. The molecule has 0 heterocycles. The second-order valence-corrected chi connectivity index (χ2v) is 5.64. The Labute approximate surface area is 95.8 Å². The van der Waals surface area contributed by atoms with Crippen LogP contribution in [0, 0.1) is 0 Å². The van der Waals surface area contributed by atoms with Gasteiger partial charge >= 0.3 is 12.0 Å². The van der Waals surface area contributed by atoms with Gasteiger partial charge in [0.2, 0.25) is 0 Å². The van der Waals surface area contributed by atoms with Gasteiger partial charge in [-0.3, -0.25) is 4.79 Å². The summed E-state index contributed by atoms with van der Waals surface area (Å²) < 4.78 is 0. The summed E-state index contributed by atoms with van der Waals surface area (Å²) in [7, 11) is 0. The fourth-order valence-electron chi connectivity index (χ4n) is 1.39. The van der Waals surface area contributed by atoms with Crippen molar-refractivity contribution in [3.8, 4) is 0 Å². The molecule has 0 saturated heterocycles. The van der Waals surface area contributed by atoms with Gasteiger partial charge in [-0.25, -0.2) is 4.79 Å². The van der Waals surface area contributed by atoms with Crippen molar-refractivity contribution in [2.24, 2.45) is 0 Å². The Hall–Kier alpha value is -1.26. The van der Waals surface area contributed by atoms with Gasteiger partial charge < -0.3 is 15.3 Å². The van der Waals surface area contributed by atoms with Gasteiger partial charge in [-0.2, -0.15) is 0 Å². The van der Waals surface area contributed by atoms with Crippen LogP contribution in [-0.2, 0) is 4.79 Å². The van der Waals surface area contributed by atoms with Crippen LogP contribution in [0.5, 0.6) is 0 Å². The molecule has 2 amide bonds. The van der Waals surface area contributed by atoms with Gasteiger partial charge in [-0.15, -0.1) is 0 Å². The number of aliphatic carboxylic acids is 1. The number of carboxylic acids is 1. The molecular formula is C11H20N2O3. The number of urea groups is 1. The minimum absolute atomic E-state index is 0.126. The van der Waals surface area contributed by atoms with Crippen LogP contribution in [-0.4, -0.2) is 39.6 Å². The topological polar surface area (TPSA) is 69.6 Å². The molecule has 1 aliphatic rings. The Morgan fingerprint density at radius 3 is 2.19 bits per heavy atom. The monoisotopic (exact) mass is 228 g/mol. The first kappa shape index (κ1) is 12.8. The summed E-state index contributed by atoms with van der Waals surface area (Å²) in [5.41, 5.74) is -0.618. The number of carbonyl (C=O) groups excluding carboxylic acids is 1. The van der Waals surface area contributed by atoms with Crippen molar-refractivity contribution in [1.82, 2.24) is 10.2 Å². The number of rotatable bonds is 3. The number of amides is 2. The van der Waals surface area contributed by atoms with Crippen LogP contribution >= 0.6 is 0 Å². The molecule has 0 aliphatic heterocycles. The molecule has 0 unspecified atom stereocenters. The standard InChI is InChI=1S/C11H20N2O3/c1-10(2,3)13(7-8(14)15)9(16)12-11(4)5-6-11/h5-7H2,1-4H3,(H,12,16)(H,14,15). The number of carbonyl (C=O) groups is 2. The summed E-state index contributed by atoms with van der Waals surface area (Å²) in [5.74, 6) is -0.994. The molecular weight excluding hydrogens is 208 g/mol.